The third kappa shape index (κ3) is 6.35. The molecule has 1 atom stereocenters. The minimum absolute atomic E-state index is 0.0473. The summed E-state index contributed by atoms with van der Waals surface area (Å²) in [4.78, 5) is 29.0. The number of hydrogen-bond acceptors (Lipinski definition) is 5. The first-order valence-electron chi connectivity index (χ1n) is 10.1. The Kier molecular flexibility index (Phi) is 7.00. The number of nitrogens with one attached hydrogen (secondary N) is 2. The number of fused-ring (bicyclic) bond motifs is 1. The zero-order valence-corrected chi connectivity index (χ0v) is 16.4. The molecule has 2 aliphatic rings. The van der Waals surface area contributed by atoms with Crippen molar-refractivity contribution in [2.24, 2.45) is 5.92 Å². The lowest BCUT2D eigenvalue weighted by Crippen LogP contribution is -2.51. The molecule has 0 aliphatic carbocycles. The van der Waals surface area contributed by atoms with Crippen LogP contribution in [-0.4, -0.2) is 65.5 Å². The van der Waals surface area contributed by atoms with E-state index < -0.39 is 30.1 Å². The van der Waals surface area contributed by atoms with Gasteiger partial charge in [-0.1, -0.05) is 6.07 Å². The number of carbonyl (C=O) groups excluding carboxylic acids is 1. The summed E-state index contributed by atoms with van der Waals surface area (Å²) in [7, 11) is 0. The number of carboxylic acid groups (broad SMARTS) is 1. The van der Waals surface area contributed by atoms with Crippen molar-refractivity contribution < 1.29 is 23.5 Å². The van der Waals surface area contributed by atoms with Crippen LogP contribution in [0, 0.1) is 5.92 Å². The number of piperidine rings is 1. The van der Waals surface area contributed by atoms with Gasteiger partial charge in [-0.25, -0.2) is 13.8 Å². The van der Waals surface area contributed by atoms with Crippen molar-refractivity contribution >= 4 is 17.7 Å². The van der Waals surface area contributed by atoms with Crippen LogP contribution in [0.5, 0.6) is 0 Å². The highest BCUT2D eigenvalue weighted by Gasteiger charge is 2.42. The Morgan fingerprint density at radius 3 is 3.00 bits per heavy atom. The Hall–Kier alpha value is -2.29. The average molecular weight is 410 g/mol. The van der Waals surface area contributed by atoms with Gasteiger partial charge in [0.1, 0.15) is 5.82 Å². The second-order valence-electron chi connectivity index (χ2n) is 7.87. The number of likely N-dealkylation sites (tertiary alicyclic amines) is 1. The van der Waals surface area contributed by atoms with Gasteiger partial charge in [-0.15, -0.1) is 0 Å². The number of halogens is 2. The van der Waals surface area contributed by atoms with Gasteiger partial charge >= 0.3 is 5.97 Å². The molecule has 1 fully saturated rings. The number of carboxylic acids is 1. The molecule has 1 unspecified atom stereocenters. The molecule has 1 amide bonds. The van der Waals surface area contributed by atoms with Gasteiger partial charge in [0.15, 0.2) is 0 Å². The summed E-state index contributed by atoms with van der Waals surface area (Å²) >= 11 is 0. The summed E-state index contributed by atoms with van der Waals surface area (Å²) in [6.45, 7) is 1.23. The molecule has 1 aromatic rings. The van der Waals surface area contributed by atoms with Crippen LogP contribution >= 0.6 is 0 Å². The molecule has 3 rings (SSSR count). The van der Waals surface area contributed by atoms with Crippen molar-refractivity contribution in [3.8, 4) is 0 Å². The molecule has 0 radical (unpaired) electrons. The number of alkyl halides is 2. The summed E-state index contributed by atoms with van der Waals surface area (Å²) in [5.74, 6) is -4.37. The standard InChI is InChI=1S/C20H28F2N4O3/c21-20(22)11-15(19(29)24-9-7-17(27)28)12-26(13-20)10-2-4-16-6-5-14-3-1-8-23-18(14)25-16/h5-6,15H,1-4,7-13H2,(H,23,25)(H,24,29)(H,27,28). The van der Waals surface area contributed by atoms with Crippen LogP contribution in [0.25, 0.3) is 0 Å². The number of aryl methyl sites for hydroxylation is 2. The van der Waals surface area contributed by atoms with Crippen molar-refractivity contribution in [2.45, 2.75) is 44.4 Å². The van der Waals surface area contributed by atoms with E-state index in [1.807, 2.05) is 6.07 Å². The molecule has 0 spiro atoms. The maximum atomic E-state index is 14.1. The van der Waals surface area contributed by atoms with Gasteiger partial charge < -0.3 is 15.7 Å². The van der Waals surface area contributed by atoms with Crippen LogP contribution in [0.3, 0.4) is 0 Å². The van der Waals surface area contributed by atoms with Crippen LogP contribution in [0.2, 0.25) is 0 Å². The molecule has 3 N–H and O–H groups in total. The van der Waals surface area contributed by atoms with Crippen LogP contribution in [0.15, 0.2) is 12.1 Å². The smallest absolute Gasteiger partial charge is 0.305 e. The van der Waals surface area contributed by atoms with Crippen LogP contribution in [-0.2, 0) is 22.4 Å². The first-order valence-corrected chi connectivity index (χ1v) is 10.1. The molecule has 0 bridgehead atoms. The number of anilines is 1. The number of hydrogen-bond donors (Lipinski definition) is 3. The normalized spacial score (nSPS) is 21.1. The van der Waals surface area contributed by atoms with Gasteiger partial charge in [0.05, 0.1) is 18.9 Å². The lowest BCUT2D eigenvalue weighted by atomic mass is 9.94. The highest BCUT2D eigenvalue weighted by atomic mass is 19.3. The number of rotatable bonds is 8. The Balaban J connectivity index is 1.49. The van der Waals surface area contributed by atoms with Crippen LogP contribution in [0.4, 0.5) is 14.6 Å². The summed E-state index contributed by atoms with van der Waals surface area (Å²) in [6, 6.07) is 4.08. The van der Waals surface area contributed by atoms with E-state index in [9.17, 15) is 18.4 Å². The van der Waals surface area contributed by atoms with E-state index in [0.717, 1.165) is 30.9 Å². The molecular weight excluding hydrogens is 382 g/mol. The topological polar surface area (TPSA) is 94.6 Å². The Labute approximate surface area is 168 Å². The van der Waals surface area contributed by atoms with Crippen LogP contribution in [0.1, 0.15) is 36.9 Å². The third-order valence-corrected chi connectivity index (χ3v) is 5.35. The second-order valence-corrected chi connectivity index (χ2v) is 7.87. The van der Waals surface area contributed by atoms with E-state index in [2.05, 4.69) is 21.7 Å². The molecule has 2 aliphatic heterocycles. The van der Waals surface area contributed by atoms with Crippen molar-refractivity contribution in [1.29, 1.82) is 0 Å². The van der Waals surface area contributed by atoms with E-state index in [-0.39, 0.29) is 26.1 Å². The first kappa shape index (κ1) is 21.4. The van der Waals surface area contributed by atoms with Gasteiger partial charge in [-0.05, 0) is 43.9 Å². The van der Waals surface area contributed by atoms with Gasteiger partial charge in [-0.2, -0.15) is 0 Å². The number of nitrogens with zero attached hydrogens (tertiary/aromatic N) is 2. The molecular formula is C20H28F2N4O3. The summed E-state index contributed by atoms with van der Waals surface area (Å²) < 4.78 is 28.2. The van der Waals surface area contributed by atoms with Gasteiger partial charge in [0.2, 0.25) is 5.91 Å². The van der Waals surface area contributed by atoms with Crippen molar-refractivity contribution in [3.63, 3.8) is 0 Å². The van der Waals surface area contributed by atoms with Gasteiger partial charge in [0.25, 0.3) is 5.92 Å². The zero-order chi connectivity index (χ0) is 20.9. The zero-order valence-electron chi connectivity index (χ0n) is 16.4. The van der Waals surface area contributed by atoms with Crippen molar-refractivity contribution in [3.05, 3.63) is 23.4 Å². The summed E-state index contributed by atoms with van der Waals surface area (Å²) in [6.07, 6.45) is 2.76. The van der Waals surface area contributed by atoms with E-state index in [1.165, 1.54) is 5.56 Å². The highest BCUT2D eigenvalue weighted by Crippen LogP contribution is 2.31. The number of aromatic nitrogens is 1. The fourth-order valence-electron chi connectivity index (χ4n) is 3.97. The quantitative estimate of drug-likeness (QED) is 0.606. The Morgan fingerprint density at radius 2 is 2.21 bits per heavy atom. The lowest BCUT2D eigenvalue weighted by molar-refractivity contribution is -0.138. The molecule has 9 heteroatoms. The molecule has 3 heterocycles. The lowest BCUT2D eigenvalue weighted by Gasteiger charge is -2.36. The molecule has 0 saturated carbocycles. The minimum atomic E-state index is -2.93. The van der Waals surface area contributed by atoms with Crippen molar-refractivity contribution in [2.75, 3.05) is 38.0 Å². The predicted molar refractivity (Wildman–Crippen MR) is 104 cm³/mol. The van der Waals surface area contributed by atoms with E-state index in [4.69, 9.17) is 5.11 Å². The predicted octanol–water partition coefficient (Wildman–Crippen LogP) is 1.92. The SMILES string of the molecule is O=C(O)CCNC(=O)C1CN(CCCc2ccc3c(n2)NCCC3)CC(F)(F)C1. The minimum Gasteiger partial charge on any atom is -0.481 e. The molecule has 1 saturated heterocycles. The number of carbonyl (C=O) groups is 2. The molecule has 29 heavy (non-hydrogen) atoms. The molecule has 1 aromatic heterocycles. The van der Waals surface area contributed by atoms with Crippen molar-refractivity contribution in [1.82, 2.24) is 15.2 Å². The number of pyridine rings is 1. The summed E-state index contributed by atoms with van der Waals surface area (Å²) in [5, 5.41) is 14.4. The third-order valence-electron chi connectivity index (χ3n) is 5.35. The number of aliphatic carboxylic acids is 1. The van der Waals surface area contributed by atoms with Crippen LogP contribution < -0.4 is 10.6 Å². The molecule has 0 aromatic carbocycles. The van der Waals surface area contributed by atoms with Gasteiger partial charge in [0, 0.05) is 31.7 Å². The average Bonchev–Trinajstić information content (AvgIpc) is 2.66. The molecule has 7 nitrogen and oxygen atoms in total. The highest BCUT2D eigenvalue weighted by molar-refractivity contribution is 5.79. The fraction of sp³-hybridized carbons (Fsp3) is 0.650. The number of amides is 1. The van der Waals surface area contributed by atoms with E-state index in [0.29, 0.717) is 19.4 Å². The second kappa shape index (κ2) is 9.47. The van der Waals surface area contributed by atoms with E-state index in [1.54, 1.807) is 4.90 Å². The largest absolute Gasteiger partial charge is 0.481 e. The van der Waals surface area contributed by atoms with E-state index >= 15 is 0 Å². The fourth-order valence-corrected chi connectivity index (χ4v) is 3.97. The Bertz CT molecular complexity index is 744. The maximum absolute atomic E-state index is 14.1. The molecule has 160 valence electrons. The first-order chi connectivity index (χ1) is 13.8. The maximum Gasteiger partial charge on any atom is 0.305 e. The Morgan fingerprint density at radius 1 is 1.38 bits per heavy atom. The van der Waals surface area contributed by atoms with Gasteiger partial charge in [-0.3, -0.25) is 14.5 Å². The summed E-state index contributed by atoms with van der Waals surface area (Å²) in [5.41, 5.74) is 2.15. The monoisotopic (exact) mass is 410 g/mol.